The molecule has 2 atom stereocenters. The first-order valence-electron chi connectivity index (χ1n) is 8.28. The van der Waals surface area contributed by atoms with Gasteiger partial charge in [0.2, 0.25) is 0 Å². The molecule has 1 rings (SSSR count). The Hall–Kier alpha value is -0.650. The van der Waals surface area contributed by atoms with Crippen molar-refractivity contribution in [1.29, 1.82) is 0 Å². The van der Waals surface area contributed by atoms with E-state index in [1.54, 1.807) is 6.08 Å². The third-order valence-corrected chi connectivity index (χ3v) is 4.95. The second-order valence-electron chi connectivity index (χ2n) is 5.77. The average Bonchev–Trinajstić information content (AvgIpc) is 2.46. The van der Waals surface area contributed by atoms with E-state index in [4.69, 9.17) is 4.84 Å². The van der Waals surface area contributed by atoms with Crippen LogP contribution in [0.3, 0.4) is 0 Å². The van der Waals surface area contributed by atoms with Gasteiger partial charge in [0.05, 0.1) is 18.2 Å². The molecule has 126 valence electrons. The van der Waals surface area contributed by atoms with Crippen LogP contribution in [-0.2, 0) is 14.4 Å². The highest BCUT2D eigenvalue weighted by atomic mass is 32.2. The van der Waals surface area contributed by atoms with Crippen molar-refractivity contribution < 1.29 is 14.4 Å². The quantitative estimate of drug-likeness (QED) is 0.400. The fourth-order valence-corrected chi connectivity index (χ4v) is 3.75. The summed E-state index contributed by atoms with van der Waals surface area (Å²) in [6.45, 7) is 8.75. The van der Waals surface area contributed by atoms with Crippen molar-refractivity contribution in [3.05, 3.63) is 11.6 Å². The van der Waals surface area contributed by atoms with Gasteiger partial charge in [-0.15, -0.1) is 0 Å². The van der Waals surface area contributed by atoms with Gasteiger partial charge in [-0.05, 0) is 31.4 Å². The SMILES string of the molecule is CCONC(C=C1C(=O)CC(CC(C)SCC)CC1=O)CC. The normalized spacial score (nSPS) is 21.8. The van der Waals surface area contributed by atoms with E-state index in [2.05, 4.69) is 19.3 Å². The molecule has 1 N–H and O–H groups in total. The molecular formula is C17H29NO3S. The van der Waals surface area contributed by atoms with Crippen LogP contribution in [-0.4, -0.2) is 35.2 Å². The Labute approximate surface area is 138 Å². The average molecular weight is 327 g/mol. The summed E-state index contributed by atoms with van der Waals surface area (Å²) < 4.78 is 0. The summed E-state index contributed by atoms with van der Waals surface area (Å²) in [7, 11) is 0. The lowest BCUT2D eigenvalue weighted by Crippen LogP contribution is -2.32. The first-order chi connectivity index (χ1) is 10.5. The summed E-state index contributed by atoms with van der Waals surface area (Å²) in [4.78, 5) is 29.8. The third-order valence-electron chi connectivity index (χ3n) is 3.85. The molecule has 1 fully saturated rings. The highest BCUT2D eigenvalue weighted by molar-refractivity contribution is 7.99. The van der Waals surface area contributed by atoms with E-state index in [-0.39, 0.29) is 23.5 Å². The molecule has 0 radical (unpaired) electrons. The predicted molar refractivity (Wildman–Crippen MR) is 91.9 cm³/mol. The molecule has 0 heterocycles. The molecule has 1 saturated carbocycles. The van der Waals surface area contributed by atoms with E-state index in [9.17, 15) is 9.59 Å². The van der Waals surface area contributed by atoms with E-state index in [1.165, 1.54) is 0 Å². The zero-order valence-electron chi connectivity index (χ0n) is 14.2. The molecule has 4 nitrogen and oxygen atoms in total. The summed E-state index contributed by atoms with van der Waals surface area (Å²) in [6, 6.07) is -0.0889. The van der Waals surface area contributed by atoms with Crippen molar-refractivity contribution in [2.24, 2.45) is 5.92 Å². The van der Waals surface area contributed by atoms with Crippen LogP contribution in [0.5, 0.6) is 0 Å². The molecule has 0 aromatic heterocycles. The maximum Gasteiger partial charge on any atom is 0.166 e. The molecule has 0 aromatic carbocycles. The lowest BCUT2D eigenvalue weighted by Gasteiger charge is -2.25. The molecule has 5 heteroatoms. The van der Waals surface area contributed by atoms with Gasteiger partial charge in [0.15, 0.2) is 11.6 Å². The molecule has 1 aliphatic carbocycles. The lowest BCUT2D eigenvalue weighted by atomic mass is 9.81. The van der Waals surface area contributed by atoms with Crippen LogP contribution in [0, 0.1) is 5.92 Å². The monoisotopic (exact) mass is 327 g/mol. The number of Topliss-reactive ketones (excluding diaryl/α,β-unsaturated/α-hetero) is 2. The van der Waals surface area contributed by atoms with Gasteiger partial charge < -0.3 is 4.84 Å². The summed E-state index contributed by atoms with van der Waals surface area (Å²) >= 11 is 1.89. The zero-order chi connectivity index (χ0) is 16.5. The van der Waals surface area contributed by atoms with Crippen LogP contribution < -0.4 is 5.48 Å². The first-order valence-corrected chi connectivity index (χ1v) is 9.33. The number of carbonyl (C=O) groups is 2. The van der Waals surface area contributed by atoms with Crippen molar-refractivity contribution >= 4 is 23.3 Å². The summed E-state index contributed by atoms with van der Waals surface area (Å²) in [6.07, 6.45) is 4.46. The molecule has 1 aliphatic rings. The summed E-state index contributed by atoms with van der Waals surface area (Å²) in [5.74, 6) is 1.26. The van der Waals surface area contributed by atoms with Gasteiger partial charge in [0, 0.05) is 18.1 Å². The highest BCUT2D eigenvalue weighted by Crippen LogP contribution is 2.30. The Kier molecular flexibility index (Phi) is 8.98. The lowest BCUT2D eigenvalue weighted by molar-refractivity contribution is -0.125. The van der Waals surface area contributed by atoms with Gasteiger partial charge in [-0.1, -0.05) is 26.8 Å². The van der Waals surface area contributed by atoms with Crippen LogP contribution in [0.15, 0.2) is 11.6 Å². The maximum atomic E-state index is 12.3. The van der Waals surface area contributed by atoms with Crippen LogP contribution in [0.1, 0.15) is 53.4 Å². The van der Waals surface area contributed by atoms with E-state index >= 15 is 0 Å². The highest BCUT2D eigenvalue weighted by Gasteiger charge is 2.31. The minimum atomic E-state index is -0.0889. The largest absolute Gasteiger partial charge is 0.302 e. The van der Waals surface area contributed by atoms with Crippen molar-refractivity contribution in [1.82, 2.24) is 5.48 Å². The molecule has 0 aliphatic heterocycles. The molecule has 0 bridgehead atoms. The Bertz CT molecular complexity index is 389. The minimum Gasteiger partial charge on any atom is -0.302 e. The number of hydrogen-bond acceptors (Lipinski definition) is 5. The van der Waals surface area contributed by atoms with Gasteiger partial charge in [-0.3, -0.25) is 9.59 Å². The van der Waals surface area contributed by atoms with Crippen LogP contribution in [0.4, 0.5) is 0 Å². The number of hydrogen-bond donors (Lipinski definition) is 1. The van der Waals surface area contributed by atoms with E-state index < -0.39 is 0 Å². The van der Waals surface area contributed by atoms with Gasteiger partial charge in [-0.25, -0.2) is 0 Å². The molecular weight excluding hydrogens is 298 g/mol. The molecule has 2 unspecified atom stereocenters. The number of ketones is 2. The third kappa shape index (κ3) is 6.23. The predicted octanol–water partition coefficient (Wildman–Crippen LogP) is 3.31. The fourth-order valence-electron chi connectivity index (χ4n) is 2.77. The van der Waals surface area contributed by atoms with Gasteiger partial charge in [0.25, 0.3) is 0 Å². The summed E-state index contributed by atoms with van der Waals surface area (Å²) in [5, 5.41) is 0.504. The van der Waals surface area contributed by atoms with Crippen molar-refractivity contribution in [2.45, 2.75) is 64.7 Å². The van der Waals surface area contributed by atoms with Crippen LogP contribution in [0.2, 0.25) is 0 Å². The van der Waals surface area contributed by atoms with Gasteiger partial charge in [-0.2, -0.15) is 17.2 Å². The van der Waals surface area contributed by atoms with Gasteiger partial charge in [0.1, 0.15) is 0 Å². The van der Waals surface area contributed by atoms with Gasteiger partial charge >= 0.3 is 0 Å². The Morgan fingerprint density at radius 3 is 2.41 bits per heavy atom. The van der Waals surface area contributed by atoms with Crippen molar-refractivity contribution in [3.8, 4) is 0 Å². The molecule has 22 heavy (non-hydrogen) atoms. The second-order valence-corrected chi connectivity index (χ2v) is 7.48. The molecule has 0 amide bonds. The number of allylic oxidation sites excluding steroid dienone is 1. The Morgan fingerprint density at radius 1 is 1.27 bits per heavy atom. The van der Waals surface area contributed by atoms with E-state index in [0.29, 0.717) is 30.3 Å². The fraction of sp³-hybridized carbons (Fsp3) is 0.765. The van der Waals surface area contributed by atoms with Crippen LogP contribution in [0.25, 0.3) is 0 Å². The minimum absolute atomic E-state index is 0.00769. The second kappa shape index (κ2) is 10.2. The van der Waals surface area contributed by atoms with E-state index in [0.717, 1.165) is 18.6 Å². The van der Waals surface area contributed by atoms with Crippen molar-refractivity contribution in [2.75, 3.05) is 12.4 Å². The number of hydroxylamine groups is 1. The standard InChI is InChI=1S/C17H29NO3S/c1-5-14(18-21-6-2)11-15-16(19)9-13(10-17(15)20)8-12(4)22-7-3/h11-14,18H,5-10H2,1-4H3. The Morgan fingerprint density at radius 2 is 1.91 bits per heavy atom. The molecule has 0 aromatic rings. The topological polar surface area (TPSA) is 55.4 Å². The zero-order valence-corrected chi connectivity index (χ0v) is 15.0. The number of nitrogens with one attached hydrogen (secondary N) is 1. The first kappa shape index (κ1) is 19.4. The number of thioether (sulfide) groups is 1. The van der Waals surface area contributed by atoms with Crippen molar-refractivity contribution in [3.63, 3.8) is 0 Å². The Balaban J connectivity index is 2.66. The maximum absolute atomic E-state index is 12.3. The van der Waals surface area contributed by atoms with Crippen LogP contribution >= 0.6 is 11.8 Å². The molecule has 0 spiro atoms. The molecule has 0 saturated heterocycles. The summed E-state index contributed by atoms with van der Waals surface area (Å²) in [5.41, 5.74) is 3.25. The van der Waals surface area contributed by atoms with E-state index in [1.807, 2.05) is 25.6 Å². The smallest absolute Gasteiger partial charge is 0.166 e. The number of carbonyl (C=O) groups excluding carboxylic acids is 2. The number of rotatable bonds is 9.